The van der Waals surface area contributed by atoms with Gasteiger partial charge >= 0.3 is 5.97 Å². The van der Waals surface area contributed by atoms with Crippen LogP contribution in [0.15, 0.2) is 18.5 Å². The van der Waals surface area contributed by atoms with Gasteiger partial charge in [0.2, 0.25) is 0 Å². The number of fused-ring (bicyclic) bond motifs is 1. The highest BCUT2D eigenvalue weighted by Crippen LogP contribution is 2.48. The molecule has 0 aliphatic heterocycles. The van der Waals surface area contributed by atoms with Crippen LogP contribution in [-0.4, -0.2) is 27.1 Å². The molecule has 0 amide bonds. The minimum Gasteiger partial charge on any atom is -0.478 e. The number of hydrogen-bond donors (Lipinski definition) is 3. The Bertz CT molecular complexity index is 769. The lowest BCUT2D eigenvalue weighted by Crippen LogP contribution is -2.47. The maximum absolute atomic E-state index is 11.7. The molecule has 1 aliphatic carbocycles. The fourth-order valence-electron chi connectivity index (χ4n) is 4.66. The van der Waals surface area contributed by atoms with Gasteiger partial charge in [-0.1, -0.05) is 40.5 Å². The molecule has 1 saturated carbocycles. The van der Waals surface area contributed by atoms with Crippen LogP contribution in [0.4, 0.5) is 5.69 Å². The molecule has 0 saturated heterocycles. The van der Waals surface area contributed by atoms with Gasteiger partial charge in [-0.3, -0.25) is 0 Å². The maximum Gasteiger partial charge on any atom is 0.339 e. The number of aromatic carboxylic acids is 1. The number of nitrogens with one attached hydrogen (secondary N) is 2. The Labute approximate surface area is 149 Å². The van der Waals surface area contributed by atoms with Crippen LogP contribution in [0.5, 0.6) is 0 Å². The van der Waals surface area contributed by atoms with Gasteiger partial charge in [0.1, 0.15) is 11.2 Å². The smallest absolute Gasteiger partial charge is 0.339 e. The summed E-state index contributed by atoms with van der Waals surface area (Å²) in [6, 6.07) is 2.13. The maximum atomic E-state index is 11.7. The van der Waals surface area contributed by atoms with E-state index in [2.05, 4.69) is 43.0 Å². The fourth-order valence-corrected chi connectivity index (χ4v) is 4.66. The number of rotatable bonds is 5. The molecule has 3 rings (SSSR count). The predicted molar refractivity (Wildman–Crippen MR) is 101 cm³/mol. The third-order valence-corrected chi connectivity index (χ3v) is 6.61. The molecule has 0 spiro atoms. The number of hydrogen-bond acceptors (Lipinski definition) is 3. The summed E-state index contributed by atoms with van der Waals surface area (Å²) in [7, 11) is 0. The van der Waals surface area contributed by atoms with Gasteiger partial charge in [0.05, 0.1) is 5.69 Å². The summed E-state index contributed by atoms with van der Waals surface area (Å²) >= 11 is 0. The lowest BCUT2D eigenvalue weighted by molar-refractivity contribution is 0.0583. The zero-order valence-electron chi connectivity index (χ0n) is 15.6. The van der Waals surface area contributed by atoms with Gasteiger partial charge in [0.25, 0.3) is 0 Å². The van der Waals surface area contributed by atoms with E-state index in [1.807, 2.05) is 12.3 Å². The molecule has 136 valence electrons. The normalized spacial score (nSPS) is 28.0. The molecule has 0 radical (unpaired) electrons. The van der Waals surface area contributed by atoms with Gasteiger partial charge in [-0.15, -0.1) is 0 Å². The first-order valence-corrected chi connectivity index (χ1v) is 9.34. The van der Waals surface area contributed by atoms with Crippen molar-refractivity contribution in [1.82, 2.24) is 9.97 Å². The van der Waals surface area contributed by atoms with Gasteiger partial charge < -0.3 is 15.4 Å². The number of carboxylic acids is 1. The molecule has 1 aliphatic rings. The molecule has 1 unspecified atom stereocenters. The molecular weight excluding hydrogens is 314 g/mol. The second-order valence-electron chi connectivity index (χ2n) is 7.86. The number of pyridine rings is 1. The highest BCUT2D eigenvalue weighted by molar-refractivity contribution is 6.03. The van der Waals surface area contributed by atoms with E-state index in [0.717, 1.165) is 17.5 Å². The van der Waals surface area contributed by atoms with E-state index in [1.165, 1.54) is 25.5 Å². The van der Waals surface area contributed by atoms with Crippen LogP contribution >= 0.6 is 0 Å². The molecular formula is C20H29N3O2. The Hall–Kier alpha value is -2.04. The fraction of sp³-hybridized carbons (Fsp3) is 0.600. The number of anilines is 1. The second kappa shape index (κ2) is 6.70. The van der Waals surface area contributed by atoms with Gasteiger partial charge in [-0.05, 0) is 36.2 Å². The van der Waals surface area contributed by atoms with Crippen LogP contribution in [0.2, 0.25) is 0 Å². The highest BCUT2D eigenvalue weighted by Gasteiger charge is 2.43. The predicted octanol–water partition coefficient (Wildman–Crippen LogP) is 4.91. The van der Waals surface area contributed by atoms with E-state index in [0.29, 0.717) is 17.5 Å². The van der Waals surface area contributed by atoms with Gasteiger partial charge in [0, 0.05) is 23.8 Å². The molecule has 25 heavy (non-hydrogen) atoms. The highest BCUT2D eigenvalue weighted by atomic mass is 16.4. The first-order valence-electron chi connectivity index (χ1n) is 9.34. The molecule has 1 fully saturated rings. The van der Waals surface area contributed by atoms with E-state index < -0.39 is 5.97 Å². The van der Waals surface area contributed by atoms with Crippen molar-refractivity contribution >= 4 is 22.7 Å². The third-order valence-electron chi connectivity index (χ3n) is 6.61. The van der Waals surface area contributed by atoms with E-state index in [4.69, 9.17) is 0 Å². The van der Waals surface area contributed by atoms with Crippen molar-refractivity contribution in [3.63, 3.8) is 0 Å². The Morgan fingerprint density at radius 3 is 2.96 bits per heavy atom. The van der Waals surface area contributed by atoms with E-state index >= 15 is 0 Å². The largest absolute Gasteiger partial charge is 0.478 e. The van der Waals surface area contributed by atoms with Gasteiger partial charge in [0.15, 0.2) is 0 Å². The van der Waals surface area contributed by atoms with Crippen LogP contribution < -0.4 is 5.32 Å². The molecule has 2 heterocycles. The Balaban J connectivity index is 2.02. The van der Waals surface area contributed by atoms with Crippen LogP contribution in [0, 0.1) is 17.3 Å². The van der Waals surface area contributed by atoms with Crippen LogP contribution in [-0.2, 0) is 0 Å². The quantitative estimate of drug-likeness (QED) is 0.720. The summed E-state index contributed by atoms with van der Waals surface area (Å²) in [5, 5.41) is 14.1. The monoisotopic (exact) mass is 343 g/mol. The van der Waals surface area contributed by atoms with Gasteiger partial charge in [-0.25, -0.2) is 9.78 Å². The van der Waals surface area contributed by atoms with Crippen LogP contribution in [0.1, 0.15) is 63.7 Å². The van der Waals surface area contributed by atoms with Crippen molar-refractivity contribution in [2.45, 2.75) is 59.4 Å². The Morgan fingerprint density at radius 2 is 2.28 bits per heavy atom. The summed E-state index contributed by atoms with van der Waals surface area (Å²) in [5.74, 6) is 0.344. The lowest BCUT2D eigenvalue weighted by Gasteiger charge is -2.49. The van der Waals surface area contributed by atoms with E-state index in [9.17, 15) is 9.90 Å². The standard InChI is InChI=1S/C20H29N3O2/c1-5-16(20(4)9-6-7-12(2)13(20)3)23-17-14-8-10-21-18(14)22-11-15(17)19(24)25/h8,10-13,16H,5-7,9H2,1-4H3,(H,24,25)(H2,21,22,23)/t12?,13-,16-,20+/m0/s1. The summed E-state index contributed by atoms with van der Waals surface area (Å²) in [6.45, 7) is 9.24. The van der Waals surface area contributed by atoms with Crippen molar-refractivity contribution < 1.29 is 9.90 Å². The number of carbonyl (C=O) groups is 1. The zero-order chi connectivity index (χ0) is 18.2. The molecule has 5 nitrogen and oxygen atoms in total. The minimum absolute atomic E-state index is 0.147. The van der Waals surface area contributed by atoms with Crippen LogP contribution in [0.3, 0.4) is 0 Å². The summed E-state index contributed by atoms with van der Waals surface area (Å²) in [4.78, 5) is 19.1. The van der Waals surface area contributed by atoms with Crippen molar-refractivity contribution in [3.05, 3.63) is 24.0 Å². The molecule has 2 aromatic rings. The Kier molecular flexibility index (Phi) is 4.76. The third kappa shape index (κ3) is 3.00. The SMILES string of the molecule is CC[C@H](Nc1c(C(=O)O)cnc2[nH]ccc12)[C@]1(C)CCCC(C)[C@@H]1C. The van der Waals surface area contributed by atoms with Crippen molar-refractivity contribution in [2.24, 2.45) is 17.3 Å². The minimum atomic E-state index is -0.942. The average Bonchev–Trinajstić information content (AvgIpc) is 3.06. The second-order valence-corrected chi connectivity index (χ2v) is 7.86. The number of H-pyrrole nitrogens is 1. The number of nitrogens with zero attached hydrogens (tertiary/aromatic N) is 1. The average molecular weight is 343 g/mol. The van der Waals surface area contributed by atoms with Crippen LogP contribution in [0.25, 0.3) is 11.0 Å². The van der Waals surface area contributed by atoms with Crippen molar-refractivity contribution in [1.29, 1.82) is 0 Å². The van der Waals surface area contributed by atoms with E-state index in [-0.39, 0.29) is 17.0 Å². The first kappa shape index (κ1) is 17.8. The molecule has 0 bridgehead atoms. The van der Waals surface area contributed by atoms with E-state index in [1.54, 1.807) is 0 Å². The van der Waals surface area contributed by atoms with Crippen molar-refractivity contribution in [2.75, 3.05) is 5.32 Å². The molecule has 0 aromatic carbocycles. The Morgan fingerprint density at radius 1 is 1.52 bits per heavy atom. The summed E-state index contributed by atoms with van der Waals surface area (Å²) in [6.07, 6.45) is 7.91. The number of aromatic nitrogens is 2. The zero-order valence-corrected chi connectivity index (χ0v) is 15.6. The van der Waals surface area contributed by atoms with Crippen molar-refractivity contribution in [3.8, 4) is 0 Å². The topological polar surface area (TPSA) is 78.0 Å². The molecule has 4 atom stereocenters. The lowest BCUT2D eigenvalue weighted by atomic mass is 9.60. The molecule has 2 aromatic heterocycles. The van der Waals surface area contributed by atoms with Gasteiger partial charge in [-0.2, -0.15) is 0 Å². The number of carboxylic acid groups (broad SMARTS) is 1. The summed E-state index contributed by atoms with van der Waals surface area (Å²) in [5.41, 5.74) is 1.80. The molecule has 3 N–H and O–H groups in total. The summed E-state index contributed by atoms with van der Waals surface area (Å²) < 4.78 is 0. The first-order chi connectivity index (χ1) is 11.9. The number of aromatic amines is 1. The molecule has 5 heteroatoms.